The van der Waals surface area contributed by atoms with Crippen LogP contribution in [0.3, 0.4) is 0 Å². The Morgan fingerprint density at radius 2 is 1.69 bits per heavy atom. The molecule has 2 aromatic carbocycles. The number of hydrogen-bond donors (Lipinski definition) is 2. The molecule has 9 heteroatoms. The number of methoxy groups -OCH3 is 2. The Hall–Kier alpha value is -2.78. The van der Waals surface area contributed by atoms with E-state index in [1.807, 2.05) is 18.2 Å². The van der Waals surface area contributed by atoms with Crippen molar-refractivity contribution in [1.29, 1.82) is 0 Å². The van der Waals surface area contributed by atoms with Crippen molar-refractivity contribution >= 4 is 16.1 Å². The number of carbonyl (C=O) groups is 1. The number of hydrogen-bond acceptors (Lipinski definition) is 5. The second-order valence-electron chi connectivity index (χ2n) is 7.65. The highest BCUT2D eigenvalue weighted by atomic mass is 32.2. The van der Waals surface area contributed by atoms with Crippen LogP contribution in [0.25, 0.3) is 0 Å². The van der Waals surface area contributed by atoms with Crippen molar-refractivity contribution in [3.05, 3.63) is 53.6 Å². The first-order valence-corrected chi connectivity index (χ1v) is 12.2. The van der Waals surface area contributed by atoms with Crippen LogP contribution < -0.4 is 20.1 Å². The van der Waals surface area contributed by atoms with Crippen LogP contribution in [0.5, 0.6) is 11.5 Å². The number of urea groups is 1. The summed E-state index contributed by atoms with van der Waals surface area (Å²) in [4.78, 5) is 12.4. The first-order chi connectivity index (χ1) is 15.4. The maximum Gasteiger partial charge on any atom is 0.315 e. The van der Waals surface area contributed by atoms with Crippen LogP contribution in [0.1, 0.15) is 30.4 Å². The first kappa shape index (κ1) is 23.9. The van der Waals surface area contributed by atoms with Crippen LogP contribution >= 0.6 is 0 Å². The second-order valence-corrected chi connectivity index (χ2v) is 9.58. The lowest BCUT2D eigenvalue weighted by molar-refractivity contribution is 0.240. The van der Waals surface area contributed by atoms with Crippen LogP contribution in [-0.2, 0) is 23.0 Å². The zero-order chi connectivity index (χ0) is 23.0. The van der Waals surface area contributed by atoms with Crippen molar-refractivity contribution in [3.63, 3.8) is 0 Å². The maximum atomic E-state index is 12.7. The lowest BCUT2D eigenvalue weighted by atomic mass is 10.1. The maximum absolute atomic E-state index is 12.7. The molecule has 0 radical (unpaired) electrons. The van der Waals surface area contributed by atoms with Gasteiger partial charge in [0, 0.05) is 32.2 Å². The Balaban J connectivity index is 1.46. The van der Waals surface area contributed by atoms with Gasteiger partial charge in [-0.25, -0.2) is 13.2 Å². The van der Waals surface area contributed by atoms with E-state index in [1.54, 1.807) is 42.8 Å². The van der Waals surface area contributed by atoms with Crippen molar-refractivity contribution in [2.24, 2.45) is 0 Å². The quantitative estimate of drug-likeness (QED) is 0.599. The average Bonchev–Trinajstić information content (AvgIpc) is 2.83. The zero-order valence-electron chi connectivity index (χ0n) is 18.6. The molecule has 2 N–H and O–H groups in total. The third-order valence-electron chi connectivity index (χ3n) is 5.50. The summed E-state index contributed by atoms with van der Waals surface area (Å²) in [5.41, 5.74) is 1.80. The van der Waals surface area contributed by atoms with Gasteiger partial charge in [0.05, 0.1) is 19.1 Å². The molecule has 0 aromatic heterocycles. The van der Waals surface area contributed by atoms with Crippen LogP contribution in [0.15, 0.2) is 47.4 Å². The van der Waals surface area contributed by atoms with E-state index in [4.69, 9.17) is 9.47 Å². The molecule has 0 spiro atoms. The topological polar surface area (TPSA) is 97.0 Å². The predicted molar refractivity (Wildman–Crippen MR) is 123 cm³/mol. The third-order valence-corrected chi connectivity index (χ3v) is 7.42. The molecular formula is C23H31N3O5S. The number of carbonyl (C=O) groups excluding carboxylic acids is 1. The summed E-state index contributed by atoms with van der Waals surface area (Å²) >= 11 is 0. The highest BCUT2D eigenvalue weighted by Gasteiger charge is 2.25. The Kier molecular flexibility index (Phi) is 8.35. The summed E-state index contributed by atoms with van der Waals surface area (Å²) in [7, 11) is -0.246. The van der Waals surface area contributed by atoms with Gasteiger partial charge < -0.3 is 20.1 Å². The molecule has 1 aliphatic rings. The number of amides is 2. The molecule has 1 saturated heterocycles. The van der Waals surface area contributed by atoms with Crippen molar-refractivity contribution in [2.75, 3.05) is 33.9 Å². The predicted octanol–water partition coefficient (Wildman–Crippen LogP) is 2.92. The Morgan fingerprint density at radius 3 is 2.34 bits per heavy atom. The fraction of sp³-hybridized carbons (Fsp3) is 0.435. The van der Waals surface area contributed by atoms with Gasteiger partial charge in [-0.15, -0.1) is 0 Å². The molecule has 2 aromatic rings. The summed E-state index contributed by atoms with van der Waals surface area (Å²) in [6.45, 7) is 1.91. The first-order valence-electron chi connectivity index (χ1n) is 10.8. The molecule has 3 rings (SSSR count). The third kappa shape index (κ3) is 6.14. The monoisotopic (exact) mass is 461 g/mol. The Morgan fingerprint density at radius 1 is 0.969 bits per heavy atom. The average molecular weight is 462 g/mol. The smallest absolute Gasteiger partial charge is 0.315 e. The number of nitrogens with one attached hydrogen (secondary N) is 2. The highest BCUT2D eigenvalue weighted by molar-refractivity contribution is 7.89. The molecule has 0 atom stereocenters. The van der Waals surface area contributed by atoms with Crippen molar-refractivity contribution in [1.82, 2.24) is 14.9 Å². The fourth-order valence-corrected chi connectivity index (χ4v) is 5.16. The van der Waals surface area contributed by atoms with Gasteiger partial charge in [0.1, 0.15) is 11.5 Å². The molecule has 0 unspecified atom stereocenters. The number of piperidine rings is 1. The molecule has 1 heterocycles. The van der Waals surface area contributed by atoms with E-state index in [-0.39, 0.29) is 6.03 Å². The van der Waals surface area contributed by atoms with Crippen molar-refractivity contribution < 1.29 is 22.7 Å². The number of benzene rings is 2. The zero-order valence-corrected chi connectivity index (χ0v) is 19.4. The molecule has 8 nitrogen and oxygen atoms in total. The molecule has 0 aliphatic carbocycles. The molecule has 2 amide bonds. The van der Waals surface area contributed by atoms with E-state index < -0.39 is 10.0 Å². The van der Waals surface area contributed by atoms with Gasteiger partial charge in [0.2, 0.25) is 10.0 Å². The largest absolute Gasteiger partial charge is 0.497 e. The summed E-state index contributed by atoms with van der Waals surface area (Å²) in [6, 6.07) is 12.0. The van der Waals surface area contributed by atoms with E-state index in [0.29, 0.717) is 49.0 Å². The minimum absolute atomic E-state index is 0.289. The van der Waals surface area contributed by atoms with Crippen molar-refractivity contribution in [2.45, 2.75) is 37.1 Å². The van der Waals surface area contributed by atoms with Gasteiger partial charge in [-0.3, -0.25) is 0 Å². The van der Waals surface area contributed by atoms with Gasteiger partial charge in [-0.2, -0.15) is 4.31 Å². The molecule has 0 bridgehead atoms. The summed E-state index contributed by atoms with van der Waals surface area (Å²) < 4.78 is 37.5. The van der Waals surface area contributed by atoms with E-state index >= 15 is 0 Å². The minimum atomic E-state index is -3.44. The Labute approximate surface area is 190 Å². The molecule has 174 valence electrons. The highest BCUT2D eigenvalue weighted by Crippen LogP contribution is 2.24. The molecule has 1 aliphatic heterocycles. The molecule has 32 heavy (non-hydrogen) atoms. The SMILES string of the molecule is COc1ccc(CCNC(=O)NCc2ccc(S(=O)(=O)N3CCCCC3)cc2)c(OC)c1. The normalized spacial score (nSPS) is 14.6. The standard InChI is InChI=1S/C23H31N3O5S/c1-30-20-9-8-19(22(16-20)31-2)12-13-24-23(27)25-17-18-6-10-21(11-7-18)32(28,29)26-14-4-3-5-15-26/h6-11,16H,3-5,12-15,17H2,1-2H3,(H2,24,25,27). The number of sulfonamides is 1. The van der Waals surface area contributed by atoms with Gasteiger partial charge in [-0.05, 0) is 48.6 Å². The fourth-order valence-electron chi connectivity index (χ4n) is 3.65. The van der Waals surface area contributed by atoms with Gasteiger partial charge in [-0.1, -0.05) is 24.6 Å². The lowest BCUT2D eigenvalue weighted by Gasteiger charge is -2.25. The summed E-state index contributed by atoms with van der Waals surface area (Å²) in [5, 5.41) is 5.61. The van der Waals surface area contributed by atoms with Crippen LogP contribution in [-0.4, -0.2) is 52.6 Å². The van der Waals surface area contributed by atoms with Crippen LogP contribution in [0.4, 0.5) is 4.79 Å². The van der Waals surface area contributed by atoms with E-state index in [2.05, 4.69) is 10.6 Å². The minimum Gasteiger partial charge on any atom is -0.497 e. The van der Waals surface area contributed by atoms with Gasteiger partial charge in [0.25, 0.3) is 0 Å². The molecule has 1 fully saturated rings. The molecule has 0 saturated carbocycles. The summed E-state index contributed by atoms with van der Waals surface area (Å²) in [5.74, 6) is 1.43. The molecular weight excluding hydrogens is 430 g/mol. The number of rotatable bonds is 9. The van der Waals surface area contributed by atoms with E-state index in [1.165, 1.54) is 0 Å². The Bertz CT molecular complexity index is 1000. The van der Waals surface area contributed by atoms with Crippen LogP contribution in [0.2, 0.25) is 0 Å². The second kappa shape index (κ2) is 11.2. The van der Waals surface area contributed by atoms with E-state index in [9.17, 15) is 13.2 Å². The van der Waals surface area contributed by atoms with Crippen LogP contribution in [0, 0.1) is 0 Å². The summed E-state index contributed by atoms with van der Waals surface area (Å²) in [6.07, 6.45) is 3.50. The van der Waals surface area contributed by atoms with Crippen molar-refractivity contribution in [3.8, 4) is 11.5 Å². The number of ether oxygens (including phenoxy) is 2. The lowest BCUT2D eigenvalue weighted by Crippen LogP contribution is -2.36. The van der Waals surface area contributed by atoms with E-state index in [0.717, 1.165) is 30.4 Å². The van der Waals surface area contributed by atoms with Gasteiger partial charge in [0.15, 0.2) is 0 Å². The number of nitrogens with zero attached hydrogens (tertiary/aromatic N) is 1. The van der Waals surface area contributed by atoms with Gasteiger partial charge >= 0.3 is 6.03 Å².